The molecular weight excluding hydrogens is 399 g/mol. The van der Waals surface area contributed by atoms with Gasteiger partial charge in [0.05, 0.1) is 6.61 Å². The molecule has 1 aliphatic rings. The number of halogens is 2. The van der Waals surface area contributed by atoms with Crippen molar-refractivity contribution in [1.29, 1.82) is 0 Å². The quantitative estimate of drug-likeness (QED) is 0.633. The average molecular weight is 427 g/mol. The molecular formula is C17H28Cl2N2O4S. The summed E-state index contributed by atoms with van der Waals surface area (Å²) >= 11 is 6.02. The molecule has 2 atom stereocenters. The van der Waals surface area contributed by atoms with Crippen molar-refractivity contribution in [3.63, 3.8) is 0 Å². The van der Waals surface area contributed by atoms with E-state index in [2.05, 4.69) is 4.72 Å². The van der Waals surface area contributed by atoms with Gasteiger partial charge in [0, 0.05) is 24.7 Å². The Labute approximate surface area is 167 Å². The zero-order chi connectivity index (χ0) is 18.4. The van der Waals surface area contributed by atoms with Crippen LogP contribution in [0.25, 0.3) is 0 Å². The molecule has 0 amide bonds. The first kappa shape index (κ1) is 23.5. The Kier molecular flexibility index (Phi) is 9.64. The van der Waals surface area contributed by atoms with E-state index in [1.807, 2.05) is 6.92 Å². The second-order valence-corrected chi connectivity index (χ2v) is 8.60. The molecule has 0 bridgehead atoms. The predicted molar refractivity (Wildman–Crippen MR) is 106 cm³/mol. The van der Waals surface area contributed by atoms with Crippen molar-refractivity contribution in [3.8, 4) is 5.75 Å². The van der Waals surface area contributed by atoms with Crippen molar-refractivity contribution in [1.82, 2.24) is 4.72 Å². The van der Waals surface area contributed by atoms with Gasteiger partial charge in [0.2, 0.25) is 10.0 Å². The van der Waals surface area contributed by atoms with Gasteiger partial charge in [-0.2, -0.15) is 0 Å². The van der Waals surface area contributed by atoms with Crippen molar-refractivity contribution in [3.05, 3.63) is 23.2 Å². The number of hydrogen-bond donors (Lipinski definition) is 2. The number of nitrogens with one attached hydrogen (secondary N) is 1. The molecule has 6 nitrogen and oxygen atoms in total. The van der Waals surface area contributed by atoms with Gasteiger partial charge < -0.3 is 15.2 Å². The molecule has 0 radical (unpaired) electrons. The molecule has 0 aromatic heterocycles. The molecule has 1 aromatic carbocycles. The molecule has 0 aliphatic heterocycles. The van der Waals surface area contributed by atoms with Crippen molar-refractivity contribution < 1.29 is 17.9 Å². The van der Waals surface area contributed by atoms with Crippen LogP contribution in [0, 0.1) is 5.92 Å². The fraction of sp³-hybridized carbons (Fsp3) is 0.647. The first-order chi connectivity index (χ1) is 11.9. The Morgan fingerprint density at radius 3 is 2.58 bits per heavy atom. The summed E-state index contributed by atoms with van der Waals surface area (Å²) < 4.78 is 39.4. The monoisotopic (exact) mass is 426 g/mol. The molecule has 0 heterocycles. The zero-order valence-electron chi connectivity index (χ0n) is 15.1. The molecule has 1 fully saturated rings. The summed E-state index contributed by atoms with van der Waals surface area (Å²) in [5.41, 5.74) is 5.83. The molecule has 1 aromatic rings. The van der Waals surface area contributed by atoms with E-state index < -0.39 is 10.0 Å². The molecule has 150 valence electrons. The van der Waals surface area contributed by atoms with Gasteiger partial charge in [-0.05, 0) is 43.9 Å². The minimum absolute atomic E-state index is 0. The van der Waals surface area contributed by atoms with Crippen LogP contribution in [0.15, 0.2) is 23.1 Å². The molecule has 1 aliphatic carbocycles. The summed E-state index contributed by atoms with van der Waals surface area (Å²) in [6.45, 7) is 2.42. The fourth-order valence-corrected chi connectivity index (χ4v) is 4.95. The van der Waals surface area contributed by atoms with Crippen LogP contribution in [0.2, 0.25) is 5.02 Å². The Morgan fingerprint density at radius 1 is 1.35 bits per heavy atom. The van der Waals surface area contributed by atoms with E-state index in [9.17, 15) is 8.42 Å². The van der Waals surface area contributed by atoms with Gasteiger partial charge >= 0.3 is 0 Å². The van der Waals surface area contributed by atoms with Gasteiger partial charge in [-0.15, -0.1) is 12.4 Å². The van der Waals surface area contributed by atoms with Crippen LogP contribution in [0.1, 0.15) is 32.6 Å². The lowest BCUT2D eigenvalue weighted by Crippen LogP contribution is -2.44. The first-order valence-electron chi connectivity index (χ1n) is 8.55. The number of hydrogen-bond acceptors (Lipinski definition) is 5. The largest absolute Gasteiger partial charge is 0.487 e. The topological polar surface area (TPSA) is 90.6 Å². The lowest BCUT2D eigenvalue weighted by Gasteiger charge is -2.24. The molecule has 1 saturated carbocycles. The Balaban J connectivity index is 0.00000338. The first-order valence-corrected chi connectivity index (χ1v) is 10.4. The van der Waals surface area contributed by atoms with E-state index in [0.29, 0.717) is 11.6 Å². The summed E-state index contributed by atoms with van der Waals surface area (Å²) in [7, 11) is -2.24. The highest BCUT2D eigenvalue weighted by Gasteiger charge is 2.30. The Morgan fingerprint density at radius 2 is 2.00 bits per heavy atom. The molecule has 0 spiro atoms. The maximum atomic E-state index is 12.9. The van der Waals surface area contributed by atoms with Crippen LogP contribution in [0.5, 0.6) is 5.75 Å². The summed E-state index contributed by atoms with van der Waals surface area (Å²) in [5.74, 6) is 0.527. The van der Waals surface area contributed by atoms with Crippen molar-refractivity contribution >= 4 is 34.0 Å². The van der Waals surface area contributed by atoms with E-state index in [-0.39, 0.29) is 47.7 Å². The van der Waals surface area contributed by atoms with Crippen molar-refractivity contribution in [2.75, 3.05) is 20.3 Å². The van der Waals surface area contributed by atoms with Crippen molar-refractivity contribution in [2.24, 2.45) is 11.7 Å². The minimum atomic E-state index is -3.80. The van der Waals surface area contributed by atoms with Crippen LogP contribution >= 0.6 is 24.0 Å². The van der Waals surface area contributed by atoms with Crippen LogP contribution in [0.3, 0.4) is 0 Å². The Bertz CT molecular complexity index is 667. The molecule has 2 unspecified atom stereocenters. The minimum Gasteiger partial charge on any atom is -0.487 e. The summed E-state index contributed by atoms with van der Waals surface area (Å²) in [6, 6.07) is 4.29. The van der Waals surface area contributed by atoms with Gasteiger partial charge in [0.25, 0.3) is 0 Å². The van der Waals surface area contributed by atoms with E-state index in [1.54, 1.807) is 19.2 Å². The highest BCUT2D eigenvalue weighted by atomic mass is 35.5. The smallest absolute Gasteiger partial charge is 0.244 e. The third-order valence-corrected chi connectivity index (χ3v) is 6.20. The van der Waals surface area contributed by atoms with E-state index in [4.69, 9.17) is 26.8 Å². The second-order valence-electron chi connectivity index (χ2n) is 6.48. The standard InChI is InChI=1S/C17H27ClN2O4S.ClH/c1-12(11-23-2)24-16-8-7-14(18)9-17(16)25(21,22)20-15(10-19)13-5-3-4-6-13;/h7-9,12-13,15,20H,3-6,10-11,19H2,1-2H3;1H. The number of ether oxygens (including phenoxy) is 2. The SMILES string of the molecule is COCC(C)Oc1ccc(Cl)cc1S(=O)(=O)NC(CN)C1CCCC1.Cl. The second kappa shape index (κ2) is 10.7. The zero-order valence-corrected chi connectivity index (χ0v) is 17.5. The fourth-order valence-electron chi connectivity index (χ4n) is 3.23. The maximum absolute atomic E-state index is 12.9. The highest BCUT2D eigenvalue weighted by Crippen LogP contribution is 2.31. The number of nitrogens with two attached hydrogens (primary N) is 1. The van der Waals surface area contributed by atoms with E-state index in [0.717, 1.165) is 25.7 Å². The van der Waals surface area contributed by atoms with Gasteiger partial charge in [-0.25, -0.2) is 13.1 Å². The average Bonchev–Trinajstić information content (AvgIpc) is 3.09. The van der Waals surface area contributed by atoms with Crippen LogP contribution in [0.4, 0.5) is 0 Å². The predicted octanol–water partition coefficient (Wildman–Crippen LogP) is 2.97. The molecule has 2 rings (SSSR count). The number of rotatable bonds is 9. The summed E-state index contributed by atoms with van der Waals surface area (Å²) in [6.07, 6.45) is 3.93. The summed E-state index contributed by atoms with van der Waals surface area (Å²) in [5, 5.41) is 0.331. The third-order valence-electron chi connectivity index (χ3n) is 4.45. The lowest BCUT2D eigenvalue weighted by molar-refractivity contribution is 0.0901. The number of benzene rings is 1. The maximum Gasteiger partial charge on any atom is 0.244 e. The van der Waals surface area contributed by atoms with Crippen LogP contribution < -0.4 is 15.2 Å². The molecule has 3 N–H and O–H groups in total. The number of sulfonamides is 1. The van der Waals surface area contributed by atoms with Crippen LogP contribution in [-0.4, -0.2) is 40.8 Å². The molecule has 0 saturated heterocycles. The van der Waals surface area contributed by atoms with Gasteiger partial charge in [0.1, 0.15) is 16.7 Å². The van der Waals surface area contributed by atoms with Gasteiger partial charge in [0.15, 0.2) is 0 Å². The Hall–Kier alpha value is -0.570. The summed E-state index contributed by atoms with van der Waals surface area (Å²) in [4.78, 5) is 0.0272. The lowest BCUT2D eigenvalue weighted by atomic mass is 9.99. The highest BCUT2D eigenvalue weighted by molar-refractivity contribution is 7.89. The van der Waals surface area contributed by atoms with E-state index in [1.165, 1.54) is 6.07 Å². The molecule has 9 heteroatoms. The number of methoxy groups -OCH3 is 1. The van der Waals surface area contributed by atoms with Crippen LogP contribution in [-0.2, 0) is 14.8 Å². The van der Waals surface area contributed by atoms with Gasteiger partial charge in [-0.1, -0.05) is 24.4 Å². The van der Waals surface area contributed by atoms with E-state index >= 15 is 0 Å². The third kappa shape index (κ3) is 6.25. The van der Waals surface area contributed by atoms with Crippen molar-refractivity contribution in [2.45, 2.75) is 49.6 Å². The normalized spacial score (nSPS) is 17.5. The molecule has 26 heavy (non-hydrogen) atoms. The van der Waals surface area contributed by atoms with Gasteiger partial charge in [-0.3, -0.25) is 0 Å².